The lowest BCUT2D eigenvalue weighted by atomic mass is 9.91. The highest BCUT2D eigenvalue weighted by Gasteiger charge is 2.16. The molecule has 0 amide bonds. The quantitative estimate of drug-likeness (QED) is 0.897. The van der Waals surface area contributed by atoms with Gasteiger partial charge in [0.15, 0.2) is 0 Å². The summed E-state index contributed by atoms with van der Waals surface area (Å²) in [5, 5.41) is 3.74. The molecule has 0 unspecified atom stereocenters. The smallest absolute Gasteiger partial charge is 0.229 e. The second-order valence-corrected chi connectivity index (χ2v) is 5.84. The van der Waals surface area contributed by atoms with Gasteiger partial charge in [0.1, 0.15) is 0 Å². The Bertz CT molecular complexity index is 532. The van der Waals surface area contributed by atoms with Gasteiger partial charge in [-0.2, -0.15) is 11.8 Å². The Kier molecular flexibility index (Phi) is 3.28. The van der Waals surface area contributed by atoms with Crippen molar-refractivity contribution in [2.45, 2.75) is 18.8 Å². The molecule has 0 bridgehead atoms. The summed E-state index contributed by atoms with van der Waals surface area (Å²) < 4.78 is 4.93. The Morgan fingerprint density at radius 2 is 2.11 bits per heavy atom. The van der Waals surface area contributed by atoms with Crippen molar-refractivity contribution >= 4 is 17.6 Å². The van der Waals surface area contributed by atoms with E-state index in [1.807, 2.05) is 0 Å². The maximum absolute atomic E-state index is 5.77. The van der Waals surface area contributed by atoms with Gasteiger partial charge in [0.05, 0.1) is 11.8 Å². The van der Waals surface area contributed by atoms with Crippen molar-refractivity contribution in [1.29, 1.82) is 0 Å². The molecule has 2 aromatic rings. The molecule has 2 heterocycles. The van der Waals surface area contributed by atoms with Gasteiger partial charge in [-0.05, 0) is 41.4 Å². The molecule has 1 aromatic heterocycles. The molecule has 2 N–H and O–H groups in total. The molecule has 1 aliphatic rings. The van der Waals surface area contributed by atoms with Crippen LogP contribution in [0.15, 0.2) is 35.0 Å². The maximum Gasteiger partial charge on any atom is 0.229 e. The highest BCUT2D eigenvalue weighted by Crippen LogP contribution is 2.34. The monoisotopic (exact) mass is 260 g/mol. The molecule has 1 aliphatic heterocycles. The molecular formula is C14H16N2OS. The number of rotatable bonds is 2. The molecule has 1 saturated heterocycles. The van der Waals surface area contributed by atoms with Crippen LogP contribution in [0.3, 0.4) is 0 Å². The first-order valence-corrected chi connectivity index (χ1v) is 7.38. The van der Waals surface area contributed by atoms with Gasteiger partial charge < -0.3 is 10.3 Å². The van der Waals surface area contributed by atoms with E-state index < -0.39 is 0 Å². The standard InChI is InChI=1S/C14H16N2OS/c15-14-13(9-16-17-14)12-3-1-2-11(8-12)10-4-6-18-7-5-10/h1-3,8-10H,4-7,15H2. The molecular weight excluding hydrogens is 244 g/mol. The summed E-state index contributed by atoms with van der Waals surface area (Å²) in [6.07, 6.45) is 4.23. The van der Waals surface area contributed by atoms with Gasteiger partial charge in [-0.15, -0.1) is 0 Å². The maximum atomic E-state index is 5.77. The molecule has 0 saturated carbocycles. The van der Waals surface area contributed by atoms with E-state index in [2.05, 4.69) is 41.2 Å². The van der Waals surface area contributed by atoms with Crippen LogP contribution >= 0.6 is 11.8 Å². The van der Waals surface area contributed by atoms with Crippen LogP contribution in [0.25, 0.3) is 11.1 Å². The molecule has 18 heavy (non-hydrogen) atoms. The third kappa shape index (κ3) is 2.25. The minimum absolute atomic E-state index is 0.395. The summed E-state index contributed by atoms with van der Waals surface area (Å²) in [6.45, 7) is 0. The lowest BCUT2D eigenvalue weighted by molar-refractivity contribution is 0.436. The van der Waals surface area contributed by atoms with Crippen molar-refractivity contribution in [1.82, 2.24) is 5.16 Å². The highest BCUT2D eigenvalue weighted by atomic mass is 32.2. The van der Waals surface area contributed by atoms with Gasteiger partial charge in [-0.3, -0.25) is 0 Å². The van der Waals surface area contributed by atoms with E-state index in [0.29, 0.717) is 11.8 Å². The number of nitrogens with zero attached hydrogens (tertiary/aromatic N) is 1. The number of nitrogens with two attached hydrogens (primary N) is 1. The lowest BCUT2D eigenvalue weighted by Gasteiger charge is -2.22. The zero-order valence-electron chi connectivity index (χ0n) is 10.1. The Balaban J connectivity index is 1.91. The Hall–Kier alpha value is -1.42. The van der Waals surface area contributed by atoms with E-state index >= 15 is 0 Å². The van der Waals surface area contributed by atoms with Crippen LogP contribution in [0.4, 0.5) is 5.88 Å². The number of nitrogen functional groups attached to an aromatic ring is 1. The third-order valence-corrected chi connectivity index (χ3v) is 4.54. The van der Waals surface area contributed by atoms with E-state index in [9.17, 15) is 0 Å². The summed E-state index contributed by atoms with van der Waals surface area (Å²) in [5.41, 5.74) is 9.17. The number of anilines is 1. The average molecular weight is 260 g/mol. The van der Waals surface area contributed by atoms with E-state index in [0.717, 1.165) is 11.1 Å². The number of benzene rings is 1. The number of hydrogen-bond donors (Lipinski definition) is 1. The van der Waals surface area contributed by atoms with Crippen LogP contribution < -0.4 is 5.73 Å². The lowest BCUT2D eigenvalue weighted by Crippen LogP contribution is -2.07. The summed E-state index contributed by atoms with van der Waals surface area (Å²) >= 11 is 2.05. The van der Waals surface area contributed by atoms with Gasteiger partial charge in [0.2, 0.25) is 5.88 Å². The Labute approximate surface area is 111 Å². The van der Waals surface area contributed by atoms with Crippen molar-refractivity contribution in [3.8, 4) is 11.1 Å². The minimum atomic E-state index is 0.395. The van der Waals surface area contributed by atoms with Crippen LogP contribution in [-0.4, -0.2) is 16.7 Å². The summed E-state index contributed by atoms with van der Waals surface area (Å²) in [5.74, 6) is 3.62. The predicted molar refractivity (Wildman–Crippen MR) is 75.7 cm³/mol. The first-order chi connectivity index (χ1) is 8.84. The molecule has 4 heteroatoms. The number of aromatic nitrogens is 1. The molecule has 0 radical (unpaired) electrons. The van der Waals surface area contributed by atoms with E-state index in [1.165, 1.54) is 29.9 Å². The normalized spacial score (nSPS) is 16.9. The van der Waals surface area contributed by atoms with Crippen LogP contribution in [0.2, 0.25) is 0 Å². The van der Waals surface area contributed by atoms with Crippen molar-refractivity contribution in [3.05, 3.63) is 36.0 Å². The Morgan fingerprint density at radius 1 is 1.28 bits per heavy atom. The molecule has 0 atom stereocenters. The first kappa shape index (κ1) is 11.7. The van der Waals surface area contributed by atoms with Crippen molar-refractivity contribution < 1.29 is 4.52 Å². The van der Waals surface area contributed by atoms with Crippen LogP contribution in [0.1, 0.15) is 24.3 Å². The summed E-state index contributed by atoms with van der Waals surface area (Å²) in [4.78, 5) is 0. The third-order valence-electron chi connectivity index (χ3n) is 3.49. The molecule has 0 aliphatic carbocycles. The number of thioether (sulfide) groups is 1. The van der Waals surface area contributed by atoms with Gasteiger partial charge in [0.25, 0.3) is 0 Å². The van der Waals surface area contributed by atoms with Crippen molar-refractivity contribution in [3.63, 3.8) is 0 Å². The molecule has 94 valence electrons. The van der Waals surface area contributed by atoms with E-state index in [4.69, 9.17) is 10.3 Å². The fourth-order valence-electron chi connectivity index (χ4n) is 2.46. The van der Waals surface area contributed by atoms with Crippen molar-refractivity contribution in [2.24, 2.45) is 0 Å². The summed E-state index contributed by atoms with van der Waals surface area (Å²) in [7, 11) is 0. The van der Waals surface area contributed by atoms with Gasteiger partial charge in [0, 0.05) is 0 Å². The van der Waals surface area contributed by atoms with Gasteiger partial charge in [-0.25, -0.2) is 0 Å². The van der Waals surface area contributed by atoms with Crippen LogP contribution in [0, 0.1) is 0 Å². The first-order valence-electron chi connectivity index (χ1n) is 6.23. The molecule has 3 rings (SSSR count). The van der Waals surface area contributed by atoms with E-state index in [-0.39, 0.29) is 0 Å². The van der Waals surface area contributed by atoms with Crippen LogP contribution in [-0.2, 0) is 0 Å². The van der Waals surface area contributed by atoms with E-state index in [1.54, 1.807) is 6.20 Å². The fourth-order valence-corrected chi connectivity index (χ4v) is 3.56. The average Bonchev–Trinajstić information content (AvgIpc) is 2.86. The minimum Gasteiger partial charge on any atom is -0.367 e. The fraction of sp³-hybridized carbons (Fsp3) is 0.357. The second kappa shape index (κ2) is 5.06. The zero-order chi connectivity index (χ0) is 12.4. The Morgan fingerprint density at radius 3 is 2.83 bits per heavy atom. The van der Waals surface area contributed by atoms with Crippen LogP contribution in [0.5, 0.6) is 0 Å². The molecule has 1 aromatic carbocycles. The van der Waals surface area contributed by atoms with Gasteiger partial charge >= 0.3 is 0 Å². The second-order valence-electron chi connectivity index (χ2n) is 4.62. The highest BCUT2D eigenvalue weighted by molar-refractivity contribution is 7.99. The summed E-state index contributed by atoms with van der Waals surface area (Å²) in [6, 6.07) is 8.60. The SMILES string of the molecule is Nc1oncc1-c1cccc(C2CCSCC2)c1. The largest absolute Gasteiger partial charge is 0.367 e. The molecule has 0 spiro atoms. The van der Waals surface area contributed by atoms with Crippen molar-refractivity contribution in [2.75, 3.05) is 17.2 Å². The van der Waals surface area contributed by atoms with Gasteiger partial charge in [-0.1, -0.05) is 29.4 Å². The molecule has 3 nitrogen and oxygen atoms in total. The number of hydrogen-bond acceptors (Lipinski definition) is 4. The molecule has 1 fully saturated rings. The predicted octanol–water partition coefficient (Wildman–Crippen LogP) is 3.53. The topological polar surface area (TPSA) is 52.0 Å². The zero-order valence-corrected chi connectivity index (χ0v) is 11.0.